The minimum atomic E-state index is 0.570. The number of hydrogen-bond donors (Lipinski definition) is 2. The van der Waals surface area contributed by atoms with Crippen LogP contribution in [0.1, 0.15) is 0 Å². The molecule has 0 radical (unpaired) electrons. The van der Waals surface area contributed by atoms with Crippen molar-refractivity contribution in [3.05, 3.63) is 24.3 Å². The van der Waals surface area contributed by atoms with Crippen LogP contribution in [0.2, 0.25) is 0 Å². The lowest BCUT2D eigenvalue weighted by Gasteiger charge is -1.90. The molecule has 0 bridgehead atoms. The van der Waals surface area contributed by atoms with E-state index in [0.29, 0.717) is 12.2 Å². The van der Waals surface area contributed by atoms with Gasteiger partial charge in [0.25, 0.3) is 0 Å². The Morgan fingerprint density at radius 2 is 2.25 bits per heavy atom. The molecular weight excluding hydrogens is 154 g/mol. The molecule has 12 heavy (non-hydrogen) atoms. The molecule has 1 amide bonds. The van der Waals surface area contributed by atoms with Crippen LogP contribution < -0.4 is 5.32 Å². The fourth-order valence-corrected chi connectivity index (χ4v) is 1.13. The lowest BCUT2D eigenvalue weighted by atomic mass is 10.2. The summed E-state index contributed by atoms with van der Waals surface area (Å²) in [6, 6.07) is 7.60. The van der Waals surface area contributed by atoms with E-state index in [2.05, 4.69) is 15.5 Å². The van der Waals surface area contributed by atoms with Crippen LogP contribution in [-0.4, -0.2) is 16.6 Å². The van der Waals surface area contributed by atoms with E-state index in [4.69, 9.17) is 0 Å². The van der Waals surface area contributed by atoms with Crippen molar-refractivity contribution in [2.75, 3.05) is 5.32 Å². The number of H-pyrrole nitrogens is 1. The van der Waals surface area contributed by atoms with Crippen molar-refractivity contribution in [1.29, 1.82) is 0 Å². The zero-order valence-electron chi connectivity index (χ0n) is 6.24. The normalized spacial score (nSPS) is 10.0. The Kier molecular flexibility index (Phi) is 1.51. The number of amides is 1. The van der Waals surface area contributed by atoms with Crippen molar-refractivity contribution in [2.45, 2.75) is 0 Å². The van der Waals surface area contributed by atoms with Gasteiger partial charge in [0, 0.05) is 5.39 Å². The molecule has 0 unspecified atom stereocenters. The molecule has 4 heteroatoms. The van der Waals surface area contributed by atoms with Gasteiger partial charge in [-0.1, -0.05) is 12.1 Å². The summed E-state index contributed by atoms with van der Waals surface area (Å²) < 4.78 is 0. The zero-order valence-corrected chi connectivity index (χ0v) is 6.24. The van der Waals surface area contributed by atoms with Crippen molar-refractivity contribution in [3.8, 4) is 0 Å². The number of aromatic nitrogens is 2. The van der Waals surface area contributed by atoms with Crippen LogP contribution in [-0.2, 0) is 4.79 Å². The maximum absolute atomic E-state index is 10.2. The van der Waals surface area contributed by atoms with Gasteiger partial charge in [-0.25, -0.2) is 0 Å². The zero-order chi connectivity index (χ0) is 8.39. The summed E-state index contributed by atoms with van der Waals surface area (Å²) in [5.41, 5.74) is 0.918. The molecule has 0 saturated heterocycles. The predicted molar refractivity (Wildman–Crippen MR) is 45.8 cm³/mol. The minimum Gasteiger partial charge on any atom is -0.311 e. The van der Waals surface area contributed by atoms with Gasteiger partial charge in [0.05, 0.1) is 5.52 Å². The van der Waals surface area contributed by atoms with Crippen LogP contribution in [0.3, 0.4) is 0 Å². The summed E-state index contributed by atoms with van der Waals surface area (Å²) in [5.74, 6) is 0.570. The van der Waals surface area contributed by atoms with Gasteiger partial charge >= 0.3 is 0 Å². The van der Waals surface area contributed by atoms with E-state index in [0.717, 1.165) is 10.9 Å². The Balaban J connectivity index is 2.62. The Bertz CT molecular complexity index is 407. The minimum absolute atomic E-state index is 0.570. The molecule has 0 aliphatic heterocycles. The molecule has 1 aromatic heterocycles. The highest BCUT2D eigenvalue weighted by atomic mass is 16.1. The molecule has 1 aromatic carbocycles. The molecule has 4 nitrogen and oxygen atoms in total. The van der Waals surface area contributed by atoms with Gasteiger partial charge in [-0.05, 0) is 12.1 Å². The highest BCUT2D eigenvalue weighted by molar-refractivity contribution is 5.93. The summed E-state index contributed by atoms with van der Waals surface area (Å²) in [4.78, 5) is 10.2. The van der Waals surface area contributed by atoms with E-state index in [1.165, 1.54) is 0 Å². The molecule has 0 saturated carbocycles. The first-order valence-electron chi connectivity index (χ1n) is 3.55. The fourth-order valence-electron chi connectivity index (χ4n) is 1.13. The van der Waals surface area contributed by atoms with E-state index in [9.17, 15) is 4.79 Å². The standard InChI is InChI=1S/C8H7N3O/c12-5-9-8-6-3-1-2-4-7(6)10-11-8/h1-5H,(H2,9,10,11,12). The van der Waals surface area contributed by atoms with E-state index in [1.54, 1.807) is 0 Å². The Morgan fingerprint density at radius 1 is 1.42 bits per heavy atom. The predicted octanol–water partition coefficient (Wildman–Crippen LogP) is 1.13. The number of carbonyl (C=O) groups is 1. The van der Waals surface area contributed by atoms with E-state index in [-0.39, 0.29) is 0 Å². The molecule has 2 aromatic rings. The third-order valence-electron chi connectivity index (χ3n) is 1.67. The SMILES string of the molecule is O=CNc1n[nH]c2ccccc12. The molecule has 2 N–H and O–H groups in total. The molecular formula is C8H7N3O. The summed E-state index contributed by atoms with van der Waals surface area (Å²) in [6.45, 7) is 0. The molecule has 2 rings (SSSR count). The Hall–Kier alpha value is -1.84. The van der Waals surface area contributed by atoms with Crippen molar-refractivity contribution < 1.29 is 4.79 Å². The molecule has 0 spiro atoms. The van der Waals surface area contributed by atoms with Crippen LogP contribution in [0.5, 0.6) is 0 Å². The van der Waals surface area contributed by atoms with Gasteiger partial charge in [0.1, 0.15) is 0 Å². The number of aromatic amines is 1. The molecule has 0 atom stereocenters. The lowest BCUT2D eigenvalue weighted by molar-refractivity contribution is -0.105. The summed E-state index contributed by atoms with van der Waals surface area (Å²) >= 11 is 0. The van der Waals surface area contributed by atoms with Crippen molar-refractivity contribution in [1.82, 2.24) is 10.2 Å². The Labute approximate surface area is 68.6 Å². The molecule has 1 heterocycles. The van der Waals surface area contributed by atoms with Crippen LogP contribution >= 0.6 is 0 Å². The Morgan fingerprint density at radius 3 is 3.08 bits per heavy atom. The first-order valence-corrected chi connectivity index (χ1v) is 3.55. The van der Waals surface area contributed by atoms with Gasteiger partial charge in [-0.15, -0.1) is 0 Å². The number of hydrogen-bond acceptors (Lipinski definition) is 2. The molecule has 0 aliphatic rings. The molecule has 60 valence electrons. The van der Waals surface area contributed by atoms with Gasteiger partial charge in [0.15, 0.2) is 5.82 Å². The van der Waals surface area contributed by atoms with Crippen LogP contribution in [0.15, 0.2) is 24.3 Å². The number of rotatable bonds is 2. The summed E-state index contributed by atoms with van der Waals surface area (Å²) in [5, 5.41) is 10.1. The third kappa shape index (κ3) is 0.934. The van der Waals surface area contributed by atoms with Gasteiger partial charge in [-0.2, -0.15) is 5.10 Å². The molecule has 0 fully saturated rings. The smallest absolute Gasteiger partial charge is 0.212 e. The highest BCUT2D eigenvalue weighted by Gasteiger charge is 2.01. The maximum atomic E-state index is 10.2. The highest BCUT2D eigenvalue weighted by Crippen LogP contribution is 2.18. The van der Waals surface area contributed by atoms with Crippen LogP contribution in [0.25, 0.3) is 10.9 Å². The van der Waals surface area contributed by atoms with Crippen molar-refractivity contribution in [3.63, 3.8) is 0 Å². The van der Waals surface area contributed by atoms with Gasteiger partial charge < -0.3 is 5.32 Å². The first-order chi connectivity index (χ1) is 5.92. The monoisotopic (exact) mass is 161 g/mol. The number of fused-ring (bicyclic) bond motifs is 1. The average molecular weight is 161 g/mol. The van der Waals surface area contributed by atoms with Crippen molar-refractivity contribution in [2.24, 2.45) is 0 Å². The average Bonchev–Trinajstić information content (AvgIpc) is 2.50. The third-order valence-corrected chi connectivity index (χ3v) is 1.67. The number of nitrogens with zero attached hydrogens (tertiary/aromatic N) is 1. The van der Waals surface area contributed by atoms with Crippen LogP contribution in [0, 0.1) is 0 Å². The van der Waals surface area contributed by atoms with Crippen molar-refractivity contribution >= 4 is 23.1 Å². The van der Waals surface area contributed by atoms with E-state index in [1.807, 2.05) is 24.3 Å². The number of carbonyl (C=O) groups excluding carboxylic acids is 1. The topological polar surface area (TPSA) is 57.8 Å². The number of benzene rings is 1. The molecule has 0 aliphatic carbocycles. The maximum Gasteiger partial charge on any atom is 0.212 e. The van der Waals surface area contributed by atoms with Crippen LogP contribution in [0.4, 0.5) is 5.82 Å². The number of para-hydroxylation sites is 1. The first kappa shape index (κ1) is 6.84. The second-order valence-electron chi connectivity index (χ2n) is 2.38. The second kappa shape index (κ2) is 2.65. The fraction of sp³-hybridized carbons (Fsp3) is 0. The largest absolute Gasteiger partial charge is 0.311 e. The number of nitrogens with one attached hydrogen (secondary N) is 2. The second-order valence-corrected chi connectivity index (χ2v) is 2.38. The van der Waals surface area contributed by atoms with E-state index >= 15 is 0 Å². The lowest BCUT2D eigenvalue weighted by Crippen LogP contribution is -1.93. The quantitative estimate of drug-likeness (QED) is 0.648. The van der Waals surface area contributed by atoms with Gasteiger partial charge in [0.2, 0.25) is 6.41 Å². The summed E-state index contributed by atoms with van der Waals surface area (Å²) in [7, 11) is 0. The van der Waals surface area contributed by atoms with Gasteiger partial charge in [-0.3, -0.25) is 9.89 Å². The number of anilines is 1. The summed E-state index contributed by atoms with van der Waals surface area (Å²) in [6.07, 6.45) is 0.614. The van der Waals surface area contributed by atoms with E-state index < -0.39 is 0 Å².